The first kappa shape index (κ1) is 13.8. The minimum Gasteiger partial charge on any atom is -0.326 e. The Morgan fingerprint density at radius 2 is 1.72 bits per heavy atom. The standard InChI is InChI=1S/C14H13Cl2NS/c15-12-5-6-13(16)14(7-12)18-9-11-4-2-1-3-10(11)8-17/h1-7H,8-9,17H2. The molecule has 94 valence electrons. The average Bonchev–Trinajstić information content (AvgIpc) is 2.40. The summed E-state index contributed by atoms with van der Waals surface area (Å²) in [6.07, 6.45) is 0. The Kier molecular flexibility index (Phi) is 4.95. The van der Waals surface area contributed by atoms with Gasteiger partial charge in [-0.15, -0.1) is 11.8 Å². The number of nitrogens with two attached hydrogens (primary N) is 1. The van der Waals surface area contributed by atoms with Gasteiger partial charge in [-0.25, -0.2) is 0 Å². The summed E-state index contributed by atoms with van der Waals surface area (Å²) in [5.74, 6) is 0.841. The molecular weight excluding hydrogens is 285 g/mol. The van der Waals surface area contributed by atoms with Gasteiger partial charge in [-0.05, 0) is 29.3 Å². The van der Waals surface area contributed by atoms with Gasteiger partial charge in [0, 0.05) is 22.2 Å². The van der Waals surface area contributed by atoms with Gasteiger partial charge in [-0.2, -0.15) is 0 Å². The van der Waals surface area contributed by atoms with Crippen molar-refractivity contribution in [3.05, 3.63) is 63.6 Å². The maximum absolute atomic E-state index is 6.13. The third-order valence-electron chi connectivity index (χ3n) is 2.61. The summed E-state index contributed by atoms with van der Waals surface area (Å²) >= 11 is 13.8. The van der Waals surface area contributed by atoms with Crippen molar-refractivity contribution in [1.29, 1.82) is 0 Å². The van der Waals surface area contributed by atoms with Crippen molar-refractivity contribution in [1.82, 2.24) is 0 Å². The molecule has 0 aliphatic heterocycles. The van der Waals surface area contributed by atoms with Crippen molar-refractivity contribution >= 4 is 35.0 Å². The van der Waals surface area contributed by atoms with E-state index in [-0.39, 0.29) is 0 Å². The molecule has 4 heteroatoms. The second-order valence-electron chi connectivity index (χ2n) is 3.84. The Labute approximate surface area is 121 Å². The molecule has 0 unspecified atom stereocenters. The molecule has 2 rings (SSSR count). The predicted molar refractivity (Wildman–Crippen MR) is 80.4 cm³/mol. The van der Waals surface area contributed by atoms with Crippen LogP contribution in [0.2, 0.25) is 10.0 Å². The van der Waals surface area contributed by atoms with Crippen LogP contribution in [-0.4, -0.2) is 0 Å². The van der Waals surface area contributed by atoms with E-state index < -0.39 is 0 Å². The molecule has 0 bridgehead atoms. The van der Waals surface area contributed by atoms with Crippen LogP contribution in [0.1, 0.15) is 11.1 Å². The van der Waals surface area contributed by atoms with Crippen molar-refractivity contribution in [2.24, 2.45) is 5.73 Å². The first-order chi connectivity index (χ1) is 8.70. The third-order valence-corrected chi connectivity index (χ3v) is 4.40. The van der Waals surface area contributed by atoms with Crippen LogP contribution >= 0.6 is 35.0 Å². The Morgan fingerprint density at radius 3 is 2.44 bits per heavy atom. The number of halogens is 2. The van der Waals surface area contributed by atoms with Gasteiger partial charge < -0.3 is 5.73 Å². The summed E-state index contributed by atoms with van der Waals surface area (Å²) in [5, 5.41) is 1.43. The summed E-state index contributed by atoms with van der Waals surface area (Å²) < 4.78 is 0. The summed E-state index contributed by atoms with van der Waals surface area (Å²) in [5.41, 5.74) is 8.12. The van der Waals surface area contributed by atoms with E-state index in [0.29, 0.717) is 11.6 Å². The molecule has 0 fully saturated rings. The highest BCUT2D eigenvalue weighted by molar-refractivity contribution is 7.98. The minimum atomic E-state index is 0.556. The molecule has 2 aromatic rings. The van der Waals surface area contributed by atoms with Crippen LogP contribution in [0.3, 0.4) is 0 Å². The van der Waals surface area contributed by atoms with E-state index in [9.17, 15) is 0 Å². The molecule has 0 aliphatic carbocycles. The van der Waals surface area contributed by atoms with E-state index in [1.54, 1.807) is 17.8 Å². The molecule has 1 nitrogen and oxygen atoms in total. The average molecular weight is 298 g/mol. The molecule has 0 spiro atoms. The highest BCUT2D eigenvalue weighted by atomic mass is 35.5. The van der Waals surface area contributed by atoms with Crippen molar-refractivity contribution in [3.8, 4) is 0 Å². The molecular formula is C14H13Cl2NS. The van der Waals surface area contributed by atoms with Crippen molar-refractivity contribution in [2.75, 3.05) is 0 Å². The maximum Gasteiger partial charge on any atom is 0.0543 e. The molecule has 0 radical (unpaired) electrons. The molecule has 0 atom stereocenters. The lowest BCUT2D eigenvalue weighted by Crippen LogP contribution is -2.00. The highest BCUT2D eigenvalue weighted by Gasteiger charge is 2.05. The monoisotopic (exact) mass is 297 g/mol. The van der Waals surface area contributed by atoms with E-state index in [1.165, 1.54) is 11.1 Å². The molecule has 0 heterocycles. The molecule has 18 heavy (non-hydrogen) atoms. The van der Waals surface area contributed by atoms with Gasteiger partial charge in [-0.3, -0.25) is 0 Å². The maximum atomic E-state index is 6.13. The van der Waals surface area contributed by atoms with Gasteiger partial charge in [-0.1, -0.05) is 47.5 Å². The van der Waals surface area contributed by atoms with Crippen LogP contribution in [-0.2, 0) is 12.3 Å². The van der Waals surface area contributed by atoms with Gasteiger partial charge in [0.1, 0.15) is 0 Å². The zero-order valence-electron chi connectivity index (χ0n) is 9.70. The number of benzene rings is 2. The van der Waals surface area contributed by atoms with Gasteiger partial charge >= 0.3 is 0 Å². The second kappa shape index (κ2) is 6.48. The lowest BCUT2D eigenvalue weighted by molar-refractivity contribution is 1.04. The van der Waals surface area contributed by atoms with E-state index in [4.69, 9.17) is 28.9 Å². The largest absolute Gasteiger partial charge is 0.326 e. The highest BCUT2D eigenvalue weighted by Crippen LogP contribution is 2.32. The second-order valence-corrected chi connectivity index (χ2v) is 5.70. The molecule has 0 aliphatic rings. The number of thioether (sulfide) groups is 1. The van der Waals surface area contributed by atoms with E-state index in [0.717, 1.165) is 15.7 Å². The molecule has 2 aromatic carbocycles. The molecule has 0 aromatic heterocycles. The Balaban J connectivity index is 2.14. The summed E-state index contributed by atoms with van der Waals surface area (Å²) in [6.45, 7) is 0.556. The smallest absolute Gasteiger partial charge is 0.0543 e. The molecule has 0 saturated heterocycles. The van der Waals surface area contributed by atoms with Crippen molar-refractivity contribution < 1.29 is 0 Å². The number of rotatable bonds is 4. The SMILES string of the molecule is NCc1ccccc1CSc1cc(Cl)ccc1Cl. The van der Waals surface area contributed by atoms with Crippen LogP contribution in [0.4, 0.5) is 0 Å². The Bertz CT molecular complexity index is 543. The third kappa shape index (κ3) is 3.42. The fraction of sp³-hybridized carbons (Fsp3) is 0.143. The fourth-order valence-corrected chi connectivity index (χ4v) is 3.17. The van der Waals surface area contributed by atoms with Crippen molar-refractivity contribution in [2.45, 2.75) is 17.2 Å². The number of hydrogen-bond acceptors (Lipinski definition) is 2. The topological polar surface area (TPSA) is 26.0 Å². The zero-order chi connectivity index (χ0) is 13.0. The molecule has 0 amide bonds. The van der Waals surface area contributed by atoms with Gasteiger partial charge in [0.15, 0.2) is 0 Å². The summed E-state index contributed by atoms with van der Waals surface area (Å²) in [7, 11) is 0. The Hall–Kier alpha value is -0.670. The molecule has 2 N–H and O–H groups in total. The van der Waals surface area contributed by atoms with Crippen molar-refractivity contribution in [3.63, 3.8) is 0 Å². The van der Waals surface area contributed by atoms with Crippen LogP contribution in [0, 0.1) is 0 Å². The summed E-state index contributed by atoms with van der Waals surface area (Å²) in [6, 6.07) is 13.7. The Morgan fingerprint density at radius 1 is 1.00 bits per heavy atom. The minimum absolute atomic E-state index is 0.556. The van der Waals surface area contributed by atoms with Gasteiger partial charge in [0.05, 0.1) is 5.02 Å². The number of hydrogen-bond donors (Lipinski definition) is 1. The quantitative estimate of drug-likeness (QED) is 0.825. The van der Waals surface area contributed by atoms with Crippen LogP contribution in [0.15, 0.2) is 47.4 Å². The van der Waals surface area contributed by atoms with Crippen LogP contribution in [0.25, 0.3) is 0 Å². The predicted octanol–water partition coefficient (Wildman–Crippen LogP) is 4.74. The summed E-state index contributed by atoms with van der Waals surface area (Å²) in [4.78, 5) is 0.996. The molecule has 0 saturated carbocycles. The van der Waals surface area contributed by atoms with E-state index in [2.05, 4.69) is 12.1 Å². The van der Waals surface area contributed by atoms with Gasteiger partial charge in [0.25, 0.3) is 0 Å². The lowest BCUT2D eigenvalue weighted by Gasteiger charge is -2.08. The van der Waals surface area contributed by atoms with Crippen LogP contribution < -0.4 is 5.73 Å². The normalized spacial score (nSPS) is 10.6. The zero-order valence-corrected chi connectivity index (χ0v) is 12.0. The van der Waals surface area contributed by atoms with Gasteiger partial charge in [0.2, 0.25) is 0 Å². The van der Waals surface area contributed by atoms with E-state index >= 15 is 0 Å². The first-order valence-electron chi connectivity index (χ1n) is 5.55. The fourth-order valence-electron chi connectivity index (χ4n) is 1.64. The van der Waals surface area contributed by atoms with Crippen LogP contribution in [0.5, 0.6) is 0 Å². The first-order valence-corrected chi connectivity index (χ1v) is 7.29. The van der Waals surface area contributed by atoms with E-state index in [1.807, 2.05) is 24.3 Å². The lowest BCUT2D eigenvalue weighted by atomic mass is 10.1.